The van der Waals surface area contributed by atoms with Gasteiger partial charge in [-0.2, -0.15) is 0 Å². The van der Waals surface area contributed by atoms with Crippen LogP contribution in [-0.4, -0.2) is 62.0 Å². The van der Waals surface area contributed by atoms with Crippen LogP contribution in [0.3, 0.4) is 0 Å². The first-order chi connectivity index (χ1) is 15.0. The predicted molar refractivity (Wildman–Crippen MR) is 119 cm³/mol. The zero-order chi connectivity index (χ0) is 22.0. The molecular formula is C24H27ClN2O4. The molecule has 0 aromatic heterocycles. The van der Waals surface area contributed by atoms with Crippen LogP contribution in [0.15, 0.2) is 42.5 Å². The minimum Gasteiger partial charge on any atom is -0.497 e. The molecule has 4 rings (SSSR count). The summed E-state index contributed by atoms with van der Waals surface area (Å²) in [5, 5.41) is 0.515. The lowest BCUT2D eigenvalue weighted by Gasteiger charge is -2.25. The van der Waals surface area contributed by atoms with Crippen LogP contribution in [0.5, 0.6) is 11.5 Å². The molecule has 0 aliphatic carbocycles. The number of benzene rings is 2. The lowest BCUT2D eigenvalue weighted by Crippen LogP contribution is -2.37. The summed E-state index contributed by atoms with van der Waals surface area (Å²) in [4.78, 5) is 30.4. The standard InChI is InChI=1S/C24H27ClN2O4/c1-30-18-8-9-22(31-2)19(13-18)20-14-27(23(28)16-6-5-7-17(25)12-16)15-21(20)24(29)26-10-3-4-11-26/h5-9,12-13,20-21H,3-4,10-11,14-15H2,1-2H3. The molecule has 164 valence electrons. The van der Waals surface area contributed by atoms with Crippen molar-refractivity contribution >= 4 is 23.4 Å². The Hall–Kier alpha value is -2.73. The Morgan fingerprint density at radius 3 is 2.42 bits per heavy atom. The molecule has 2 aromatic carbocycles. The zero-order valence-electron chi connectivity index (χ0n) is 17.8. The maximum absolute atomic E-state index is 13.4. The van der Waals surface area contributed by atoms with E-state index in [1.54, 1.807) is 43.4 Å². The molecule has 31 heavy (non-hydrogen) atoms. The van der Waals surface area contributed by atoms with Gasteiger partial charge < -0.3 is 19.3 Å². The Labute approximate surface area is 187 Å². The summed E-state index contributed by atoms with van der Waals surface area (Å²) < 4.78 is 11.0. The van der Waals surface area contributed by atoms with Gasteiger partial charge in [-0.3, -0.25) is 9.59 Å². The van der Waals surface area contributed by atoms with Crippen molar-refractivity contribution in [2.75, 3.05) is 40.4 Å². The van der Waals surface area contributed by atoms with Crippen LogP contribution in [0.4, 0.5) is 0 Å². The Bertz CT molecular complexity index is 974. The van der Waals surface area contributed by atoms with Gasteiger partial charge in [0.1, 0.15) is 11.5 Å². The van der Waals surface area contributed by atoms with Crippen molar-refractivity contribution in [3.05, 3.63) is 58.6 Å². The number of ether oxygens (including phenoxy) is 2. The third-order valence-electron chi connectivity index (χ3n) is 6.25. The molecule has 2 aromatic rings. The fourth-order valence-electron chi connectivity index (χ4n) is 4.64. The van der Waals surface area contributed by atoms with Gasteiger partial charge in [0.25, 0.3) is 5.91 Å². The molecule has 2 aliphatic rings. The highest BCUT2D eigenvalue weighted by Gasteiger charge is 2.43. The zero-order valence-corrected chi connectivity index (χ0v) is 18.6. The van der Waals surface area contributed by atoms with Crippen LogP contribution in [0.2, 0.25) is 5.02 Å². The second-order valence-electron chi connectivity index (χ2n) is 8.07. The Morgan fingerprint density at radius 2 is 1.74 bits per heavy atom. The maximum Gasteiger partial charge on any atom is 0.253 e. The number of carbonyl (C=O) groups excluding carboxylic acids is 2. The monoisotopic (exact) mass is 442 g/mol. The van der Waals surface area contributed by atoms with Gasteiger partial charge in [-0.15, -0.1) is 0 Å². The van der Waals surface area contributed by atoms with Crippen LogP contribution in [0.1, 0.15) is 34.7 Å². The quantitative estimate of drug-likeness (QED) is 0.706. The summed E-state index contributed by atoms with van der Waals surface area (Å²) in [6.07, 6.45) is 2.05. The molecule has 2 amide bonds. The second-order valence-corrected chi connectivity index (χ2v) is 8.51. The maximum atomic E-state index is 13.4. The van der Waals surface area contributed by atoms with E-state index in [-0.39, 0.29) is 23.7 Å². The number of halogens is 1. The molecule has 2 saturated heterocycles. The van der Waals surface area contributed by atoms with Gasteiger partial charge in [0.15, 0.2) is 0 Å². The number of rotatable bonds is 5. The van der Waals surface area contributed by atoms with Crippen LogP contribution in [0.25, 0.3) is 0 Å². The van der Waals surface area contributed by atoms with E-state index in [2.05, 4.69) is 0 Å². The van der Waals surface area contributed by atoms with Crippen molar-refractivity contribution in [2.45, 2.75) is 18.8 Å². The average Bonchev–Trinajstić information content (AvgIpc) is 3.48. The van der Waals surface area contributed by atoms with Crippen LogP contribution < -0.4 is 9.47 Å². The Morgan fingerprint density at radius 1 is 0.968 bits per heavy atom. The van der Waals surface area contributed by atoms with Crippen molar-refractivity contribution in [1.29, 1.82) is 0 Å². The highest BCUT2D eigenvalue weighted by Crippen LogP contribution is 2.41. The molecule has 2 unspecified atom stereocenters. The predicted octanol–water partition coefficient (Wildman–Crippen LogP) is 3.84. The van der Waals surface area contributed by atoms with Crippen LogP contribution >= 0.6 is 11.6 Å². The van der Waals surface area contributed by atoms with Crippen LogP contribution in [0, 0.1) is 5.92 Å². The first-order valence-corrected chi connectivity index (χ1v) is 10.9. The van der Waals surface area contributed by atoms with E-state index < -0.39 is 0 Å². The first kappa shape index (κ1) is 21.5. The number of nitrogens with zero attached hydrogens (tertiary/aromatic N) is 2. The summed E-state index contributed by atoms with van der Waals surface area (Å²) in [7, 11) is 3.23. The third kappa shape index (κ3) is 4.35. The highest BCUT2D eigenvalue weighted by atomic mass is 35.5. The summed E-state index contributed by atoms with van der Waals surface area (Å²) >= 11 is 6.10. The highest BCUT2D eigenvalue weighted by molar-refractivity contribution is 6.30. The van der Waals surface area contributed by atoms with Gasteiger partial charge >= 0.3 is 0 Å². The van der Waals surface area contributed by atoms with Gasteiger partial charge in [-0.05, 0) is 49.2 Å². The first-order valence-electron chi connectivity index (χ1n) is 10.6. The van der Waals surface area contributed by atoms with Crippen LogP contribution in [-0.2, 0) is 4.79 Å². The van der Waals surface area contributed by atoms with Crippen molar-refractivity contribution in [3.8, 4) is 11.5 Å². The molecule has 2 fully saturated rings. The number of methoxy groups -OCH3 is 2. The normalized spacial score (nSPS) is 20.7. The van der Waals surface area contributed by atoms with E-state index in [0.29, 0.717) is 35.2 Å². The van der Waals surface area contributed by atoms with E-state index in [1.165, 1.54) is 0 Å². The SMILES string of the molecule is COc1ccc(OC)c(C2CN(C(=O)c3cccc(Cl)c3)CC2C(=O)N2CCCC2)c1. The van der Waals surface area contributed by atoms with Gasteiger partial charge in [0, 0.05) is 48.2 Å². The molecule has 7 heteroatoms. The second kappa shape index (κ2) is 9.18. The minimum absolute atomic E-state index is 0.105. The van der Waals surface area contributed by atoms with E-state index in [1.807, 2.05) is 23.1 Å². The fraction of sp³-hybridized carbons (Fsp3) is 0.417. The summed E-state index contributed by atoms with van der Waals surface area (Å²) in [6, 6.07) is 12.5. The van der Waals surface area contributed by atoms with Crippen molar-refractivity contribution in [1.82, 2.24) is 9.80 Å². The van der Waals surface area contributed by atoms with Gasteiger partial charge in [-0.25, -0.2) is 0 Å². The van der Waals surface area contributed by atoms with Crippen molar-refractivity contribution in [2.24, 2.45) is 5.92 Å². The lowest BCUT2D eigenvalue weighted by molar-refractivity contribution is -0.134. The summed E-state index contributed by atoms with van der Waals surface area (Å²) in [5.74, 6) is 0.869. The number of likely N-dealkylation sites (tertiary alicyclic amines) is 2. The smallest absolute Gasteiger partial charge is 0.253 e. The molecule has 0 spiro atoms. The van der Waals surface area contributed by atoms with Gasteiger partial charge in [0.05, 0.1) is 20.1 Å². The van der Waals surface area contributed by atoms with E-state index >= 15 is 0 Å². The topological polar surface area (TPSA) is 59.1 Å². The summed E-state index contributed by atoms with van der Waals surface area (Å²) in [5.41, 5.74) is 1.42. The molecule has 2 heterocycles. The molecule has 6 nitrogen and oxygen atoms in total. The molecular weight excluding hydrogens is 416 g/mol. The molecule has 0 saturated carbocycles. The summed E-state index contributed by atoms with van der Waals surface area (Å²) in [6.45, 7) is 2.35. The molecule has 0 radical (unpaired) electrons. The van der Waals surface area contributed by atoms with E-state index in [0.717, 1.165) is 31.5 Å². The molecule has 2 aliphatic heterocycles. The molecule has 0 N–H and O–H groups in total. The lowest BCUT2D eigenvalue weighted by atomic mass is 9.87. The van der Waals surface area contributed by atoms with Gasteiger partial charge in [0.2, 0.25) is 5.91 Å². The largest absolute Gasteiger partial charge is 0.497 e. The van der Waals surface area contributed by atoms with Crippen molar-refractivity contribution < 1.29 is 19.1 Å². The molecule has 2 atom stereocenters. The average molecular weight is 443 g/mol. The van der Waals surface area contributed by atoms with Crippen molar-refractivity contribution in [3.63, 3.8) is 0 Å². The molecule has 0 bridgehead atoms. The number of hydrogen-bond donors (Lipinski definition) is 0. The van der Waals surface area contributed by atoms with E-state index in [9.17, 15) is 9.59 Å². The van der Waals surface area contributed by atoms with E-state index in [4.69, 9.17) is 21.1 Å². The minimum atomic E-state index is -0.331. The fourth-order valence-corrected chi connectivity index (χ4v) is 4.83. The third-order valence-corrected chi connectivity index (χ3v) is 6.49. The number of amides is 2. The number of carbonyl (C=O) groups is 2. The number of hydrogen-bond acceptors (Lipinski definition) is 4. The van der Waals surface area contributed by atoms with Gasteiger partial charge in [-0.1, -0.05) is 17.7 Å². The Kier molecular flexibility index (Phi) is 6.37. The Balaban J connectivity index is 1.69.